The predicted molar refractivity (Wildman–Crippen MR) is 82.9 cm³/mol. The normalized spacial score (nSPS) is 26.4. The molecule has 3 rings (SSSR count). The van der Waals surface area contributed by atoms with Crippen LogP contribution in [-0.2, 0) is 9.53 Å². The predicted octanol–water partition coefficient (Wildman–Crippen LogP) is 2.98. The number of thioether (sulfide) groups is 1. The van der Waals surface area contributed by atoms with Crippen molar-refractivity contribution >= 4 is 17.7 Å². The first kappa shape index (κ1) is 14.7. The molecule has 0 aromatic heterocycles. The zero-order valence-electron chi connectivity index (χ0n) is 12.5. The second-order valence-corrected chi connectivity index (χ2v) is 7.85. The lowest BCUT2D eigenvalue weighted by atomic mass is 9.95. The van der Waals surface area contributed by atoms with Gasteiger partial charge in [-0.25, -0.2) is 0 Å². The first-order valence-electron chi connectivity index (χ1n) is 8.18. The standard InChI is InChI=1S/C16H27NO2S/c1-19-15(18)16(13-6-7-13,17-14-8-9-14)11-20-10-12-4-2-3-5-12/h12-14,17H,2-11H2,1H3. The summed E-state index contributed by atoms with van der Waals surface area (Å²) in [5, 5.41) is 3.65. The van der Waals surface area contributed by atoms with E-state index in [0.717, 1.165) is 11.7 Å². The highest BCUT2D eigenvalue weighted by Gasteiger charge is 2.53. The largest absolute Gasteiger partial charge is 0.468 e. The number of nitrogens with one attached hydrogen (secondary N) is 1. The highest BCUT2D eigenvalue weighted by Crippen LogP contribution is 2.44. The lowest BCUT2D eigenvalue weighted by molar-refractivity contribution is -0.148. The summed E-state index contributed by atoms with van der Waals surface area (Å²) in [5.74, 6) is 3.49. The molecular formula is C16H27NO2S. The molecule has 1 atom stereocenters. The first-order valence-corrected chi connectivity index (χ1v) is 9.34. The molecule has 3 nitrogen and oxygen atoms in total. The molecular weight excluding hydrogens is 270 g/mol. The Kier molecular flexibility index (Phi) is 4.61. The minimum atomic E-state index is -0.390. The Balaban J connectivity index is 1.59. The van der Waals surface area contributed by atoms with Crippen molar-refractivity contribution in [3.05, 3.63) is 0 Å². The summed E-state index contributed by atoms with van der Waals surface area (Å²) in [5.41, 5.74) is -0.390. The molecule has 0 spiro atoms. The van der Waals surface area contributed by atoms with E-state index >= 15 is 0 Å². The molecule has 0 aliphatic heterocycles. The average molecular weight is 297 g/mol. The number of hydrogen-bond donors (Lipinski definition) is 1. The lowest BCUT2D eigenvalue weighted by Crippen LogP contribution is -2.57. The van der Waals surface area contributed by atoms with E-state index in [9.17, 15) is 4.79 Å². The van der Waals surface area contributed by atoms with Gasteiger partial charge in [-0.15, -0.1) is 0 Å². The summed E-state index contributed by atoms with van der Waals surface area (Å²) in [6, 6.07) is 0.557. The van der Waals surface area contributed by atoms with Crippen LogP contribution in [0.3, 0.4) is 0 Å². The van der Waals surface area contributed by atoms with E-state index in [2.05, 4.69) is 5.32 Å². The van der Waals surface area contributed by atoms with Crippen LogP contribution in [-0.4, -0.2) is 36.2 Å². The van der Waals surface area contributed by atoms with Crippen LogP contribution in [0.2, 0.25) is 0 Å². The molecule has 0 radical (unpaired) electrons. The molecule has 4 heteroatoms. The molecule has 20 heavy (non-hydrogen) atoms. The maximum atomic E-state index is 12.4. The second-order valence-electron chi connectivity index (χ2n) is 6.82. The fraction of sp³-hybridized carbons (Fsp3) is 0.938. The van der Waals surface area contributed by atoms with Gasteiger partial charge in [0.15, 0.2) is 0 Å². The summed E-state index contributed by atoms with van der Waals surface area (Å²) in [6.07, 6.45) is 10.4. The number of carbonyl (C=O) groups is 1. The van der Waals surface area contributed by atoms with Gasteiger partial charge in [0.1, 0.15) is 5.54 Å². The smallest absolute Gasteiger partial charge is 0.327 e. The average Bonchev–Trinajstić information content (AvgIpc) is 3.37. The SMILES string of the molecule is COC(=O)C(CSCC1CCCC1)(NC1CC1)C1CC1. The van der Waals surface area contributed by atoms with Gasteiger partial charge < -0.3 is 4.74 Å². The number of rotatable bonds is 8. The van der Waals surface area contributed by atoms with E-state index in [1.165, 1.54) is 64.2 Å². The van der Waals surface area contributed by atoms with Gasteiger partial charge in [-0.3, -0.25) is 10.1 Å². The molecule has 3 fully saturated rings. The molecule has 114 valence electrons. The van der Waals surface area contributed by atoms with E-state index in [4.69, 9.17) is 4.74 Å². The summed E-state index contributed by atoms with van der Waals surface area (Å²) >= 11 is 1.98. The van der Waals surface area contributed by atoms with Crippen LogP contribution in [0.25, 0.3) is 0 Å². The van der Waals surface area contributed by atoms with Crippen molar-refractivity contribution < 1.29 is 9.53 Å². The Morgan fingerprint density at radius 3 is 2.45 bits per heavy atom. The van der Waals surface area contributed by atoms with Crippen LogP contribution in [0.4, 0.5) is 0 Å². The van der Waals surface area contributed by atoms with Gasteiger partial charge in [-0.1, -0.05) is 12.8 Å². The van der Waals surface area contributed by atoms with Gasteiger partial charge in [0.2, 0.25) is 0 Å². The maximum Gasteiger partial charge on any atom is 0.327 e. The van der Waals surface area contributed by atoms with Crippen molar-refractivity contribution in [1.82, 2.24) is 5.32 Å². The van der Waals surface area contributed by atoms with Gasteiger partial charge in [0.05, 0.1) is 7.11 Å². The highest BCUT2D eigenvalue weighted by atomic mass is 32.2. The van der Waals surface area contributed by atoms with Gasteiger partial charge in [0, 0.05) is 11.8 Å². The minimum absolute atomic E-state index is 0.0224. The van der Waals surface area contributed by atoms with Crippen molar-refractivity contribution in [3.8, 4) is 0 Å². The van der Waals surface area contributed by atoms with E-state index in [-0.39, 0.29) is 11.5 Å². The van der Waals surface area contributed by atoms with Crippen LogP contribution in [0, 0.1) is 11.8 Å². The number of carbonyl (C=O) groups excluding carboxylic acids is 1. The third-order valence-electron chi connectivity index (χ3n) is 5.02. The molecule has 0 saturated heterocycles. The molecule has 0 aromatic carbocycles. The Morgan fingerprint density at radius 1 is 1.20 bits per heavy atom. The number of ether oxygens (including phenoxy) is 1. The van der Waals surface area contributed by atoms with E-state index in [1.54, 1.807) is 0 Å². The quantitative estimate of drug-likeness (QED) is 0.699. The summed E-state index contributed by atoms with van der Waals surface area (Å²) < 4.78 is 5.15. The van der Waals surface area contributed by atoms with Crippen molar-refractivity contribution in [2.24, 2.45) is 11.8 Å². The Hall–Kier alpha value is -0.220. The molecule has 0 amide bonds. The molecule has 1 N–H and O–H groups in total. The number of methoxy groups -OCH3 is 1. The molecule has 3 saturated carbocycles. The molecule has 3 aliphatic rings. The first-order chi connectivity index (χ1) is 9.74. The van der Waals surface area contributed by atoms with Crippen molar-refractivity contribution in [3.63, 3.8) is 0 Å². The number of esters is 1. The van der Waals surface area contributed by atoms with Crippen molar-refractivity contribution in [2.75, 3.05) is 18.6 Å². The highest BCUT2D eigenvalue weighted by molar-refractivity contribution is 7.99. The second kappa shape index (κ2) is 6.27. The zero-order valence-corrected chi connectivity index (χ0v) is 13.3. The van der Waals surface area contributed by atoms with Crippen LogP contribution < -0.4 is 5.32 Å². The Morgan fingerprint density at radius 2 is 1.90 bits per heavy atom. The summed E-state index contributed by atoms with van der Waals surface area (Å²) in [4.78, 5) is 12.4. The molecule has 0 heterocycles. The van der Waals surface area contributed by atoms with Gasteiger partial charge in [-0.2, -0.15) is 11.8 Å². The molecule has 0 bridgehead atoms. The third kappa shape index (κ3) is 3.33. The van der Waals surface area contributed by atoms with Gasteiger partial charge in [0.25, 0.3) is 0 Å². The minimum Gasteiger partial charge on any atom is -0.468 e. The van der Waals surface area contributed by atoms with Crippen LogP contribution in [0.5, 0.6) is 0 Å². The fourth-order valence-electron chi connectivity index (χ4n) is 3.48. The lowest BCUT2D eigenvalue weighted by Gasteiger charge is -2.32. The van der Waals surface area contributed by atoms with E-state index in [1.807, 2.05) is 11.8 Å². The molecule has 0 aromatic rings. The Bertz CT molecular complexity index is 348. The van der Waals surface area contributed by atoms with E-state index in [0.29, 0.717) is 12.0 Å². The van der Waals surface area contributed by atoms with Crippen LogP contribution in [0.15, 0.2) is 0 Å². The molecule has 1 unspecified atom stereocenters. The third-order valence-corrected chi connectivity index (χ3v) is 6.39. The van der Waals surface area contributed by atoms with Crippen LogP contribution in [0.1, 0.15) is 51.4 Å². The zero-order chi connectivity index (χ0) is 14.0. The Labute approximate surface area is 126 Å². The molecule has 3 aliphatic carbocycles. The summed E-state index contributed by atoms with van der Waals surface area (Å²) in [6.45, 7) is 0. The summed E-state index contributed by atoms with van der Waals surface area (Å²) in [7, 11) is 1.54. The van der Waals surface area contributed by atoms with Crippen LogP contribution >= 0.6 is 11.8 Å². The topological polar surface area (TPSA) is 38.3 Å². The van der Waals surface area contributed by atoms with E-state index < -0.39 is 0 Å². The fourth-order valence-corrected chi connectivity index (χ4v) is 5.02. The monoisotopic (exact) mass is 297 g/mol. The van der Waals surface area contributed by atoms with Gasteiger partial charge >= 0.3 is 5.97 Å². The van der Waals surface area contributed by atoms with Crippen molar-refractivity contribution in [1.29, 1.82) is 0 Å². The van der Waals surface area contributed by atoms with Gasteiger partial charge in [-0.05, 0) is 56.1 Å². The number of hydrogen-bond acceptors (Lipinski definition) is 4. The van der Waals surface area contributed by atoms with Crippen molar-refractivity contribution in [2.45, 2.75) is 62.9 Å². The maximum absolute atomic E-state index is 12.4.